The van der Waals surface area contributed by atoms with Crippen LogP contribution in [0, 0.1) is 17.7 Å². The fraction of sp³-hybridized carbons (Fsp3) is 0.483. The number of nitrogens with zero attached hydrogens (tertiary/aromatic N) is 5. The van der Waals surface area contributed by atoms with Crippen LogP contribution in [-0.4, -0.2) is 62.8 Å². The highest BCUT2D eigenvalue weighted by molar-refractivity contribution is 5.98. The molecule has 5 heterocycles. The fourth-order valence-corrected chi connectivity index (χ4v) is 6.26. The average molecular weight is 518 g/mol. The average Bonchev–Trinajstić information content (AvgIpc) is 3.61. The minimum absolute atomic E-state index is 0.138. The molecule has 198 valence electrons. The number of imidazole rings is 1. The number of ether oxygens (including phenoxy) is 2. The molecule has 4 aromatic rings. The van der Waals surface area contributed by atoms with Crippen LogP contribution in [0.5, 0.6) is 5.88 Å². The number of rotatable bonds is 5. The smallest absolute Gasteiger partial charge is 0.254 e. The maximum absolute atomic E-state index is 15.6. The van der Waals surface area contributed by atoms with Crippen molar-refractivity contribution >= 4 is 28.0 Å². The van der Waals surface area contributed by atoms with E-state index in [9.17, 15) is 4.79 Å². The zero-order valence-electron chi connectivity index (χ0n) is 21.8. The van der Waals surface area contributed by atoms with E-state index in [0.29, 0.717) is 53.2 Å². The fourth-order valence-electron chi connectivity index (χ4n) is 6.26. The van der Waals surface area contributed by atoms with Gasteiger partial charge in [-0.15, -0.1) is 0 Å². The van der Waals surface area contributed by atoms with Crippen molar-refractivity contribution in [2.75, 3.05) is 26.8 Å². The number of amides is 1. The Kier molecular flexibility index (Phi) is 5.65. The van der Waals surface area contributed by atoms with E-state index in [4.69, 9.17) is 19.4 Å². The topological polar surface area (TPSA) is 74.4 Å². The molecule has 8 nitrogen and oxygen atoms in total. The number of likely N-dealkylation sites (tertiary alicyclic amines) is 1. The first kappa shape index (κ1) is 23.6. The Hall–Kier alpha value is -3.46. The van der Waals surface area contributed by atoms with E-state index in [1.807, 2.05) is 24.1 Å². The quantitative estimate of drug-likeness (QED) is 0.381. The maximum atomic E-state index is 15.6. The predicted octanol–water partition coefficient (Wildman–Crippen LogP) is 4.79. The number of aryl methyl sites for hydroxylation is 1. The zero-order valence-corrected chi connectivity index (χ0v) is 21.8. The molecule has 7 rings (SSSR count). The molecule has 1 amide bonds. The summed E-state index contributed by atoms with van der Waals surface area (Å²) in [7, 11) is 3.44. The minimum atomic E-state index is -0.437. The molecule has 3 fully saturated rings. The van der Waals surface area contributed by atoms with Crippen molar-refractivity contribution in [3.05, 3.63) is 41.7 Å². The van der Waals surface area contributed by atoms with Gasteiger partial charge in [-0.2, -0.15) is 4.98 Å². The molecule has 9 heteroatoms. The Morgan fingerprint density at radius 1 is 1.16 bits per heavy atom. The van der Waals surface area contributed by atoms with Crippen molar-refractivity contribution in [2.45, 2.75) is 44.8 Å². The monoisotopic (exact) mass is 517 g/mol. The van der Waals surface area contributed by atoms with Gasteiger partial charge in [0, 0.05) is 56.2 Å². The SMILES string of the molecule is COc1ccc2cc(-c3nc4cc(C(=O)N5CC[C@H]6OCCC[C@H]6C5)cc(F)c4n3C)n(CC3CC3)c2n1. The second-order valence-electron chi connectivity index (χ2n) is 11.0. The van der Waals surface area contributed by atoms with Gasteiger partial charge in [-0.3, -0.25) is 4.79 Å². The Morgan fingerprint density at radius 2 is 2.03 bits per heavy atom. The molecule has 2 aliphatic heterocycles. The number of methoxy groups -OCH3 is 1. The molecule has 0 unspecified atom stereocenters. The summed E-state index contributed by atoms with van der Waals surface area (Å²) < 4.78 is 30.8. The van der Waals surface area contributed by atoms with Crippen LogP contribution in [0.15, 0.2) is 30.3 Å². The van der Waals surface area contributed by atoms with Gasteiger partial charge in [-0.05, 0) is 62.3 Å². The number of hydrogen-bond acceptors (Lipinski definition) is 5. The molecule has 0 spiro atoms. The van der Waals surface area contributed by atoms with Crippen molar-refractivity contribution in [3.8, 4) is 17.4 Å². The summed E-state index contributed by atoms with van der Waals surface area (Å²) in [5.41, 5.74) is 2.95. The van der Waals surface area contributed by atoms with Crippen molar-refractivity contribution < 1.29 is 18.7 Å². The van der Waals surface area contributed by atoms with E-state index in [0.717, 1.165) is 49.1 Å². The van der Waals surface area contributed by atoms with E-state index in [1.165, 1.54) is 18.9 Å². The molecule has 1 aromatic carbocycles. The number of fused-ring (bicyclic) bond motifs is 3. The molecular formula is C29H32FN5O3. The number of hydrogen-bond donors (Lipinski definition) is 0. The normalized spacial score (nSPS) is 21.7. The van der Waals surface area contributed by atoms with E-state index >= 15 is 4.39 Å². The Bertz CT molecular complexity index is 1560. The van der Waals surface area contributed by atoms with Crippen LogP contribution in [0.1, 0.15) is 42.5 Å². The number of carbonyl (C=O) groups is 1. The molecule has 0 bridgehead atoms. The highest BCUT2D eigenvalue weighted by Crippen LogP contribution is 2.37. The van der Waals surface area contributed by atoms with Crippen LogP contribution in [0.4, 0.5) is 4.39 Å². The second-order valence-corrected chi connectivity index (χ2v) is 11.0. The van der Waals surface area contributed by atoms with Crippen LogP contribution in [0.25, 0.3) is 33.6 Å². The first-order chi connectivity index (χ1) is 18.5. The lowest BCUT2D eigenvalue weighted by Crippen LogP contribution is -2.48. The highest BCUT2D eigenvalue weighted by atomic mass is 19.1. The summed E-state index contributed by atoms with van der Waals surface area (Å²) in [5, 5.41) is 0.986. The zero-order chi connectivity index (χ0) is 26.0. The summed E-state index contributed by atoms with van der Waals surface area (Å²) >= 11 is 0. The van der Waals surface area contributed by atoms with Crippen LogP contribution in [0.2, 0.25) is 0 Å². The number of piperidine rings is 1. The van der Waals surface area contributed by atoms with Gasteiger partial charge in [-0.25, -0.2) is 9.37 Å². The molecule has 3 aromatic heterocycles. The van der Waals surface area contributed by atoms with Gasteiger partial charge < -0.3 is 23.5 Å². The first-order valence-electron chi connectivity index (χ1n) is 13.6. The van der Waals surface area contributed by atoms with Gasteiger partial charge in [0.05, 0.1) is 24.4 Å². The number of halogens is 1. The number of aromatic nitrogens is 4. The van der Waals surface area contributed by atoms with Crippen molar-refractivity contribution in [1.29, 1.82) is 0 Å². The van der Waals surface area contributed by atoms with Crippen molar-refractivity contribution in [2.24, 2.45) is 18.9 Å². The van der Waals surface area contributed by atoms with Crippen molar-refractivity contribution in [3.63, 3.8) is 0 Å². The van der Waals surface area contributed by atoms with Crippen LogP contribution >= 0.6 is 0 Å². The van der Waals surface area contributed by atoms with E-state index < -0.39 is 5.82 Å². The summed E-state index contributed by atoms with van der Waals surface area (Å²) in [4.78, 5) is 24.9. The van der Waals surface area contributed by atoms with Gasteiger partial charge in [0.2, 0.25) is 5.88 Å². The summed E-state index contributed by atoms with van der Waals surface area (Å²) in [5.74, 6) is 1.60. The number of carbonyl (C=O) groups excluding carboxylic acids is 1. The molecule has 1 saturated carbocycles. The molecular weight excluding hydrogens is 485 g/mol. The van der Waals surface area contributed by atoms with Crippen LogP contribution < -0.4 is 4.74 Å². The maximum Gasteiger partial charge on any atom is 0.254 e. The lowest BCUT2D eigenvalue weighted by molar-refractivity contribution is -0.0606. The third kappa shape index (κ3) is 3.95. The van der Waals surface area contributed by atoms with E-state index in [-0.39, 0.29) is 12.0 Å². The molecule has 2 saturated heterocycles. The van der Waals surface area contributed by atoms with Crippen LogP contribution in [-0.2, 0) is 18.3 Å². The van der Waals surface area contributed by atoms with Gasteiger partial charge >= 0.3 is 0 Å². The highest BCUT2D eigenvalue weighted by Gasteiger charge is 2.34. The lowest BCUT2D eigenvalue weighted by atomic mass is 9.88. The van der Waals surface area contributed by atoms with E-state index in [2.05, 4.69) is 10.6 Å². The number of pyridine rings is 1. The van der Waals surface area contributed by atoms with E-state index in [1.54, 1.807) is 17.7 Å². The largest absolute Gasteiger partial charge is 0.481 e. The molecule has 38 heavy (non-hydrogen) atoms. The third-order valence-electron chi connectivity index (χ3n) is 8.47. The Balaban J connectivity index is 1.27. The minimum Gasteiger partial charge on any atom is -0.481 e. The molecule has 3 aliphatic rings. The molecule has 0 radical (unpaired) electrons. The first-order valence-corrected chi connectivity index (χ1v) is 13.6. The molecule has 1 aliphatic carbocycles. The predicted molar refractivity (Wildman–Crippen MR) is 142 cm³/mol. The lowest BCUT2D eigenvalue weighted by Gasteiger charge is -2.41. The van der Waals surface area contributed by atoms with Crippen molar-refractivity contribution in [1.82, 2.24) is 24.0 Å². The standard InChI is InChI=1S/C29H32FN5O3/c1-33-26-21(30)12-20(29(36)34-10-9-24-19(16-34)4-3-11-38-24)13-22(26)31-28(33)23-14-18-7-8-25(37-2)32-27(18)35(23)15-17-5-6-17/h7-8,12-14,17,19,24H,3-6,9-11,15-16H2,1-2H3/t19-,24+/m0/s1. The summed E-state index contributed by atoms with van der Waals surface area (Å²) in [6.07, 6.45) is 5.55. The van der Waals surface area contributed by atoms with Crippen LogP contribution in [0.3, 0.4) is 0 Å². The molecule has 0 N–H and O–H groups in total. The number of benzene rings is 1. The van der Waals surface area contributed by atoms with Gasteiger partial charge in [0.1, 0.15) is 17.0 Å². The summed E-state index contributed by atoms with van der Waals surface area (Å²) in [6, 6.07) is 9.01. The van der Waals surface area contributed by atoms with Gasteiger partial charge in [0.25, 0.3) is 5.91 Å². The van der Waals surface area contributed by atoms with Gasteiger partial charge in [0.15, 0.2) is 5.82 Å². The van der Waals surface area contributed by atoms with Gasteiger partial charge in [-0.1, -0.05) is 0 Å². The summed E-state index contributed by atoms with van der Waals surface area (Å²) in [6.45, 7) is 2.93. The Labute approximate surface area is 220 Å². The third-order valence-corrected chi connectivity index (χ3v) is 8.47. The second kappa shape index (κ2) is 9.08. The Morgan fingerprint density at radius 3 is 2.84 bits per heavy atom. The molecule has 2 atom stereocenters.